The summed E-state index contributed by atoms with van der Waals surface area (Å²) in [4.78, 5) is 12.2. The maximum atomic E-state index is 9.68. The van der Waals surface area contributed by atoms with E-state index in [1.165, 1.54) is 0 Å². The van der Waals surface area contributed by atoms with Crippen LogP contribution in [-0.2, 0) is 0 Å². The van der Waals surface area contributed by atoms with Crippen LogP contribution in [0.5, 0.6) is 0 Å². The van der Waals surface area contributed by atoms with Gasteiger partial charge < -0.3 is 15.4 Å². The van der Waals surface area contributed by atoms with Crippen molar-refractivity contribution in [1.82, 2.24) is 24.6 Å². The van der Waals surface area contributed by atoms with Crippen molar-refractivity contribution in [1.29, 1.82) is 0 Å². The summed E-state index contributed by atoms with van der Waals surface area (Å²) in [7, 11) is 0. The number of hydrogen-bond acceptors (Lipinski definition) is 5. The minimum Gasteiger partial charge on any atom is -0.393 e. The Balaban J connectivity index is 1.50. The van der Waals surface area contributed by atoms with Crippen molar-refractivity contribution in [3.63, 3.8) is 0 Å². The summed E-state index contributed by atoms with van der Waals surface area (Å²) in [5.41, 5.74) is 4.90. The molecule has 0 saturated heterocycles. The number of aromatic amines is 1. The molecule has 1 fully saturated rings. The molecule has 0 aliphatic heterocycles. The first-order chi connectivity index (χ1) is 13.2. The molecule has 0 atom stereocenters. The molecule has 7 heteroatoms. The van der Waals surface area contributed by atoms with E-state index in [4.69, 9.17) is 5.10 Å². The molecule has 27 heavy (non-hydrogen) atoms. The lowest BCUT2D eigenvalue weighted by atomic mass is 9.93. The summed E-state index contributed by atoms with van der Waals surface area (Å²) in [6, 6.07) is 6.39. The van der Waals surface area contributed by atoms with Crippen LogP contribution >= 0.6 is 0 Å². The van der Waals surface area contributed by atoms with Crippen molar-refractivity contribution in [2.45, 2.75) is 44.8 Å². The number of aromatic nitrogens is 5. The highest BCUT2D eigenvalue weighted by Gasteiger charge is 2.20. The summed E-state index contributed by atoms with van der Waals surface area (Å²) in [6.45, 7) is 2.05. The Hall–Kier alpha value is -2.93. The smallest absolute Gasteiger partial charge is 0.154 e. The number of pyridine rings is 1. The lowest BCUT2D eigenvalue weighted by Crippen LogP contribution is -2.28. The third-order valence-electron chi connectivity index (χ3n) is 5.41. The second kappa shape index (κ2) is 6.35. The van der Waals surface area contributed by atoms with Gasteiger partial charge in [0.1, 0.15) is 11.5 Å². The zero-order valence-electron chi connectivity index (χ0n) is 15.2. The maximum absolute atomic E-state index is 9.68. The molecular weight excluding hydrogens is 340 g/mol. The van der Waals surface area contributed by atoms with E-state index in [2.05, 4.69) is 26.3 Å². The Morgan fingerprint density at radius 2 is 2.00 bits per heavy atom. The summed E-state index contributed by atoms with van der Waals surface area (Å²) in [6.07, 6.45) is 9.03. The molecule has 1 aliphatic rings. The molecule has 1 saturated carbocycles. The zero-order chi connectivity index (χ0) is 18.4. The lowest BCUT2D eigenvalue weighted by molar-refractivity contribution is 0.126. The predicted molar refractivity (Wildman–Crippen MR) is 105 cm³/mol. The van der Waals surface area contributed by atoms with Crippen molar-refractivity contribution in [2.24, 2.45) is 0 Å². The van der Waals surface area contributed by atoms with E-state index in [1.807, 2.05) is 42.2 Å². The second-order valence-corrected chi connectivity index (χ2v) is 7.39. The molecule has 0 radical (unpaired) electrons. The third kappa shape index (κ3) is 2.94. The van der Waals surface area contributed by atoms with Crippen LogP contribution in [0.4, 0.5) is 5.82 Å². The van der Waals surface area contributed by atoms with Gasteiger partial charge in [-0.3, -0.25) is 4.98 Å². The Bertz CT molecular complexity index is 1110. The number of hydrogen-bond donors (Lipinski definition) is 3. The van der Waals surface area contributed by atoms with Crippen molar-refractivity contribution >= 4 is 22.4 Å². The molecule has 138 valence electrons. The van der Waals surface area contributed by atoms with Gasteiger partial charge >= 0.3 is 0 Å². The fraction of sp³-hybridized carbons (Fsp3) is 0.350. The van der Waals surface area contributed by atoms with Crippen molar-refractivity contribution < 1.29 is 5.11 Å². The monoisotopic (exact) mass is 362 g/mol. The maximum Gasteiger partial charge on any atom is 0.154 e. The number of fused-ring (bicyclic) bond motifs is 2. The molecule has 5 rings (SSSR count). The van der Waals surface area contributed by atoms with Crippen LogP contribution in [0.3, 0.4) is 0 Å². The van der Waals surface area contributed by atoms with Crippen LogP contribution in [-0.4, -0.2) is 41.8 Å². The normalized spacial score (nSPS) is 20.4. The van der Waals surface area contributed by atoms with Crippen LogP contribution < -0.4 is 5.32 Å². The number of aliphatic hydroxyl groups is 1. The second-order valence-electron chi connectivity index (χ2n) is 7.39. The van der Waals surface area contributed by atoms with Crippen molar-refractivity contribution in [2.75, 3.05) is 5.32 Å². The Morgan fingerprint density at radius 1 is 1.15 bits per heavy atom. The minimum atomic E-state index is -0.154. The number of aryl methyl sites for hydroxylation is 1. The molecule has 0 unspecified atom stereocenters. The summed E-state index contributed by atoms with van der Waals surface area (Å²) in [5.74, 6) is 0.831. The lowest BCUT2D eigenvalue weighted by Gasteiger charge is -2.26. The van der Waals surface area contributed by atoms with Crippen LogP contribution in [0, 0.1) is 6.92 Å². The number of nitrogens with one attached hydrogen (secondary N) is 2. The van der Waals surface area contributed by atoms with E-state index in [0.717, 1.165) is 65.0 Å². The molecular formula is C20H22N6O. The minimum absolute atomic E-state index is 0.154. The molecule has 3 N–H and O–H groups in total. The van der Waals surface area contributed by atoms with Gasteiger partial charge in [0.05, 0.1) is 23.5 Å². The fourth-order valence-electron chi connectivity index (χ4n) is 3.89. The number of rotatable bonds is 3. The highest BCUT2D eigenvalue weighted by Crippen LogP contribution is 2.27. The van der Waals surface area contributed by atoms with E-state index in [1.54, 1.807) is 0 Å². The van der Waals surface area contributed by atoms with E-state index >= 15 is 0 Å². The first-order valence-corrected chi connectivity index (χ1v) is 9.40. The first-order valence-electron chi connectivity index (χ1n) is 9.40. The molecule has 0 amide bonds. The van der Waals surface area contributed by atoms with E-state index < -0.39 is 0 Å². The third-order valence-corrected chi connectivity index (χ3v) is 5.41. The zero-order valence-corrected chi connectivity index (χ0v) is 15.2. The predicted octanol–water partition coefficient (Wildman–Crippen LogP) is 3.30. The van der Waals surface area contributed by atoms with E-state index in [-0.39, 0.29) is 6.10 Å². The average molecular weight is 362 g/mol. The summed E-state index contributed by atoms with van der Waals surface area (Å²) >= 11 is 0. The summed E-state index contributed by atoms with van der Waals surface area (Å²) < 4.78 is 1.87. The van der Waals surface area contributed by atoms with Gasteiger partial charge in [-0.15, -0.1) is 5.10 Å². The van der Waals surface area contributed by atoms with E-state index in [9.17, 15) is 5.11 Å². The Morgan fingerprint density at radius 3 is 2.81 bits per heavy atom. The number of aliphatic hydroxyl groups excluding tert-OH is 1. The van der Waals surface area contributed by atoms with Gasteiger partial charge in [0.2, 0.25) is 0 Å². The summed E-state index contributed by atoms with van der Waals surface area (Å²) in [5, 5.41) is 19.0. The molecule has 7 nitrogen and oxygen atoms in total. The highest BCUT2D eigenvalue weighted by molar-refractivity contribution is 5.87. The first kappa shape index (κ1) is 16.3. The molecule has 4 aromatic heterocycles. The van der Waals surface area contributed by atoms with Gasteiger partial charge in [0.15, 0.2) is 5.65 Å². The number of nitrogens with zero attached hydrogens (tertiary/aromatic N) is 4. The van der Waals surface area contributed by atoms with Crippen LogP contribution in [0.1, 0.15) is 31.2 Å². The van der Waals surface area contributed by atoms with Crippen molar-refractivity contribution in [3.8, 4) is 11.4 Å². The fourth-order valence-corrected chi connectivity index (χ4v) is 3.89. The average Bonchev–Trinajstić information content (AvgIpc) is 3.28. The standard InChI is InChI=1S/C20H22N6O/c1-12-9-21-10-13-8-16(24-20(12)13)17-11-22-19-7-6-18(25-26(17)19)23-14-2-4-15(27)5-3-14/h6-11,14-15,24,27H,2-5H2,1H3,(H,23,25). The van der Waals surface area contributed by atoms with Gasteiger partial charge in [-0.05, 0) is 56.4 Å². The Kier molecular flexibility index (Phi) is 3.82. The van der Waals surface area contributed by atoms with Crippen LogP contribution in [0.15, 0.2) is 36.8 Å². The van der Waals surface area contributed by atoms with Gasteiger partial charge in [0.25, 0.3) is 0 Å². The van der Waals surface area contributed by atoms with Gasteiger partial charge in [-0.1, -0.05) is 0 Å². The van der Waals surface area contributed by atoms with Crippen LogP contribution in [0.2, 0.25) is 0 Å². The van der Waals surface area contributed by atoms with Gasteiger partial charge in [0, 0.05) is 23.8 Å². The molecule has 4 heterocycles. The largest absolute Gasteiger partial charge is 0.393 e. The quantitative estimate of drug-likeness (QED) is 0.520. The number of imidazole rings is 1. The number of anilines is 1. The molecule has 4 aromatic rings. The Labute approximate surface area is 156 Å². The van der Waals surface area contributed by atoms with Gasteiger partial charge in [-0.25, -0.2) is 9.50 Å². The number of H-pyrrole nitrogens is 1. The highest BCUT2D eigenvalue weighted by atomic mass is 16.3. The molecule has 1 aliphatic carbocycles. The SMILES string of the molecule is Cc1cncc2cc(-c3cnc4ccc(NC5CCC(O)CC5)nn34)[nH]c12. The van der Waals surface area contributed by atoms with Crippen LogP contribution in [0.25, 0.3) is 27.9 Å². The van der Waals surface area contributed by atoms with Gasteiger partial charge in [-0.2, -0.15) is 0 Å². The topological polar surface area (TPSA) is 91.1 Å². The molecule has 0 spiro atoms. The molecule has 0 aromatic carbocycles. The van der Waals surface area contributed by atoms with E-state index in [0.29, 0.717) is 6.04 Å². The molecule has 0 bridgehead atoms. The van der Waals surface area contributed by atoms with Crippen molar-refractivity contribution in [3.05, 3.63) is 42.4 Å².